The number of aromatic hydroxyl groups is 1. The largest absolute Gasteiger partial charge is 0.492 e. The Hall–Kier alpha value is -1.77. The Bertz CT molecular complexity index is 524. The Morgan fingerprint density at radius 2 is 1.76 bits per heavy atom. The molecule has 2 aromatic rings. The van der Waals surface area contributed by atoms with E-state index in [9.17, 15) is 5.11 Å². The quantitative estimate of drug-likeness (QED) is 0.860. The highest BCUT2D eigenvalue weighted by molar-refractivity contribution is 5.71. The summed E-state index contributed by atoms with van der Waals surface area (Å²) in [7, 11) is 1.87. The highest BCUT2D eigenvalue weighted by atomic mass is 16.3. The standard InChI is InChI=1S/C14H18N2O/c1-9(2)13-12(14(17)15-16(13)4)11-7-5-10(3)6-8-11/h5-9H,1-4H3,(H,15,17). The highest BCUT2D eigenvalue weighted by Crippen LogP contribution is 2.35. The molecule has 0 saturated heterocycles. The van der Waals surface area contributed by atoms with Crippen molar-refractivity contribution in [2.24, 2.45) is 7.05 Å². The summed E-state index contributed by atoms with van der Waals surface area (Å²) in [6, 6.07) is 8.15. The van der Waals surface area contributed by atoms with E-state index in [0.717, 1.165) is 16.8 Å². The first-order valence-corrected chi connectivity index (χ1v) is 5.83. The average molecular weight is 230 g/mol. The van der Waals surface area contributed by atoms with Crippen LogP contribution in [-0.2, 0) is 7.05 Å². The molecule has 0 aliphatic heterocycles. The number of nitrogens with zero attached hydrogens (tertiary/aromatic N) is 2. The predicted octanol–water partition coefficient (Wildman–Crippen LogP) is 3.22. The van der Waals surface area contributed by atoms with E-state index in [0.29, 0.717) is 5.92 Å². The van der Waals surface area contributed by atoms with Crippen molar-refractivity contribution in [2.45, 2.75) is 26.7 Å². The molecule has 90 valence electrons. The van der Waals surface area contributed by atoms with Gasteiger partial charge in [-0.05, 0) is 18.4 Å². The van der Waals surface area contributed by atoms with E-state index in [1.807, 2.05) is 31.3 Å². The molecule has 0 aliphatic rings. The van der Waals surface area contributed by atoms with Crippen LogP contribution in [0.2, 0.25) is 0 Å². The van der Waals surface area contributed by atoms with Crippen LogP contribution in [0.5, 0.6) is 5.88 Å². The third-order valence-electron chi connectivity index (χ3n) is 2.96. The van der Waals surface area contributed by atoms with Crippen LogP contribution in [0.4, 0.5) is 0 Å². The molecule has 0 amide bonds. The number of aromatic nitrogens is 2. The zero-order chi connectivity index (χ0) is 12.6. The van der Waals surface area contributed by atoms with Gasteiger partial charge in [0.05, 0.1) is 11.3 Å². The Labute approximate surface area is 102 Å². The van der Waals surface area contributed by atoms with Gasteiger partial charge in [-0.3, -0.25) is 4.68 Å². The average Bonchev–Trinajstić information content (AvgIpc) is 2.55. The second-order valence-corrected chi connectivity index (χ2v) is 4.73. The van der Waals surface area contributed by atoms with Crippen molar-refractivity contribution in [3.63, 3.8) is 0 Å². The molecule has 0 bridgehead atoms. The van der Waals surface area contributed by atoms with Gasteiger partial charge in [-0.2, -0.15) is 0 Å². The van der Waals surface area contributed by atoms with Crippen molar-refractivity contribution < 1.29 is 5.11 Å². The molecule has 0 aliphatic carbocycles. The van der Waals surface area contributed by atoms with Gasteiger partial charge in [-0.25, -0.2) is 0 Å². The van der Waals surface area contributed by atoms with E-state index in [1.165, 1.54) is 5.56 Å². The zero-order valence-electron chi connectivity index (χ0n) is 10.7. The molecular formula is C14H18N2O. The molecule has 1 heterocycles. The van der Waals surface area contributed by atoms with Gasteiger partial charge < -0.3 is 5.11 Å². The first-order valence-electron chi connectivity index (χ1n) is 5.83. The van der Waals surface area contributed by atoms with Crippen LogP contribution in [0.15, 0.2) is 24.3 Å². The minimum atomic E-state index is 0.111. The van der Waals surface area contributed by atoms with Crippen LogP contribution in [-0.4, -0.2) is 14.9 Å². The van der Waals surface area contributed by atoms with Crippen LogP contribution in [0.1, 0.15) is 31.0 Å². The molecule has 1 aromatic carbocycles. The molecule has 0 spiro atoms. The summed E-state index contributed by atoms with van der Waals surface area (Å²) >= 11 is 0. The van der Waals surface area contributed by atoms with Crippen molar-refractivity contribution in [1.82, 2.24) is 9.78 Å². The van der Waals surface area contributed by atoms with E-state index in [-0.39, 0.29) is 5.88 Å². The summed E-state index contributed by atoms with van der Waals surface area (Å²) in [5.74, 6) is 0.435. The Morgan fingerprint density at radius 3 is 2.29 bits per heavy atom. The molecule has 2 rings (SSSR count). The lowest BCUT2D eigenvalue weighted by Gasteiger charge is -2.09. The van der Waals surface area contributed by atoms with Gasteiger partial charge in [0, 0.05) is 7.05 Å². The minimum absolute atomic E-state index is 0.111. The SMILES string of the molecule is Cc1ccc(-c2c(O)nn(C)c2C(C)C)cc1. The van der Waals surface area contributed by atoms with Gasteiger partial charge in [0.1, 0.15) is 0 Å². The van der Waals surface area contributed by atoms with Crippen LogP contribution < -0.4 is 0 Å². The van der Waals surface area contributed by atoms with Crippen LogP contribution >= 0.6 is 0 Å². The number of rotatable bonds is 2. The third kappa shape index (κ3) is 2.05. The number of hydrogen-bond donors (Lipinski definition) is 1. The molecule has 0 saturated carbocycles. The van der Waals surface area contributed by atoms with Gasteiger partial charge in [0.25, 0.3) is 0 Å². The highest BCUT2D eigenvalue weighted by Gasteiger charge is 2.19. The fraction of sp³-hybridized carbons (Fsp3) is 0.357. The molecule has 0 unspecified atom stereocenters. The van der Waals surface area contributed by atoms with Gasteiger partial charge >= 0.3 is 0 Å². The molecule has 0 radical (unpaired) electrons. The molecule has 0 fully saturated rings. The Balaban J connectivity index is 2.62. The van der Waals surface area contributed by atoms with Crippen LogP contribution in [0, 0.1) is 6.92 Å². The normalized spacial score (nSPS) is 11.1. The third-order valence-corrected chi connectivity index (χ3v) is 2.96. The first-order chi connectivity index (χ1) is 8.00. The summed E-state index contributed by atoms with van der Waals surface area (Å²) in [4.78, 5) is 0. The second-order valence-electron chi connectivity index (χ2n) is 4.73. The Kier molecular flexibility index (Phi) is 2.92. The zero-order valence-corrected chi connectivity index (χ0v) is 10.7. The van der Waals surface area contributed by atoms with Crippen molar-refractivity contribution in [1.29, 1.82) is 0 Å². The van der Waals surface area contributed by atoms with Gasteiger partial charge in [-0.15, -0.1) is 5.10 Å². The van der Waals surface area contributed by atoms with Gasteiger partial charge in [-0.1, -0.05) is 43.7 Å². The summed E-state index contributed by atoms with van der Waals surface area (Å²) in [6.07, 6.45) is 0. The van der Waals surface area contributed by atoms with E-state index in [1.54, 1.807) is 4.68 Å². The van der Waals surface area contributed by atoms with Crippen LogP contribution in [0.25, 0.3) is 11.1 Å². The number of benzene rings is 1. The molecule has 1 N–H and O–H groups in total. The molecule has 1 aromatic heterocycles. The lowest BCUT2D eigenvalue weighted by atomic mass is 9.98. The number of aryl methyl sites for hydroxylation is 2. The topological polar surface area (TPSA) is 38.1 Å². The minimum Gasteiger partial charge on any atom is -0.492 e. The fourth-order valence-electron chi connectivity index (χ4n) is 2.18. The monoisotopic (exact) mass is 230 g/mol. The summed E-state index contributed by atoms with van der Waals surface area (Å²) in [5, 5.41) is 14.1. The molecule has 3 heteroatoms. The van der Waals surface area contributed by atoms with Crippen molar-refractivity contribution in [3.8, 4) is 17.0 Å². The van der Waals surface area contributed by atoms with Crippen LogP contribution in [0.3, 0.4) is 0 Å². The lowest BCUT2D eigenvalue weighted by molar-refractivity contribution is 0.445. The second kappa shape index (κ2) is 4.24. The van der Waals surface area contributed by atoms with Crippen molar-refractivity contribution >= 4 is 0 Å². The van der Waals surface area contributed by atoms with E-state index in [4.69, 9.17) is 0 Å². The maximum absolute atomic E-state index is 9.95. The first kappa shape index (κ1) is 11.7. The molecule has 3 nitrogen and oxygen atoms in total. The summed E-state index contributed by atoms with van der Waals surface area (Å²) in [6.45, 7) is 6.26. The predicted molar refractivity (Wildman–Crippen MR) is 69.1 cm³/mol. The summed E-state index contributed by atoms with van der Waals surface area (Å²) in [5.41, 5.74) is 4.14. The molecular weight excluding hydrogens is 212 g/mol. The van der Waals surface area contributed by atoms with E-state index < -0.39 is 0 Å². The maximum Gasteiger partial charge on any atom is 0.238 e. The fourth-order valence-corrected chi connectivity index (χ4v) is 2.18. The summed E-state index contributed by atoms with van der Waals surface area (Å²) < 4.78 is 1.76. The lowest BCUT2D eigenvalue weighted by Crippen LogP contribution is -2.01. The smallest absolute Gasteiger partial charge is 0.238 e. The van der Waals surface area contributed by atoms with Crippen molar-refractivity contribution in [3.05, 3.63) is 35.5 Å². The van der Waals surface area contributed by atoms with Crippen molar-refractivity contribution in [2.75, 3.05) is 0 Å². The molecule has 17 heavy (non-hydrogen) atoms. The van der Waals surface area contributed by atoms with Gasteiger partial charge in [0.15, 0.2) is 0 Å². The van der Waals surface area contributed by atoms with E-state index in [2.05, 4.69) is 25.9 Å². The maximum atomic E-state index is 9.95. The number of hydrogen-bond acceptors (Lipinski definition) is 2. The van der Waals surface area contributed by atoms with E-state index >= 15 is 0 Å². The molecule has 0 atom stereocenters. The Morgan fingerprint density at radius 1 is 1.18 bits per heavy atom. The van der Waals surface area contributed by atoms with Gasteiger partial charge in [0.2, 0.25) is 5.88 Å².